The molecule has 0 saturated heterocycles. The molecule has 0 radical (unpaired) electrons. The number of rotatable bonds is 8. The summed E-state index contributed by atoms with van der Waals surface area (Å²) in [5.74, 6) is -1.01. The van der Waals surface area contributed by atoms with Crippen molar-refractivity contribution in [1.29, 1.82) is 0 Å². The highest BCUT2D eigenvalue weighted by Crippen LogP contribution is 2.36. The normalized spacial score (nSPS) is 12.3. The molecule has 12 nitrogen and oxygen atoms in total. The maximum Gasteiger partial charge on any atom is 0.315 e. The van der Waals surface area contributed by atoms with Gasteiger partial charge in [-0.2, -0.15) is 5.10 Å². The fourth-order valence-electron chi connectivity index (χ4n) is 3.32. The molecule has 1 heterocycles. The third-order valence-corrected chi connectivity index (χ3v) is 5.11. The molecule has 0 aliphatic carbocycles. The summed E-state index contributed by atoms with van der Waals surface area (Å²) in [4.78, 5) is 36.1. The van der Waals surface area contributed by atoms with Crippen LogP contribution in [0.5, 0.6) is 23.0 Å². The van der Waals surface area contributed by atoms with Gasteiger partial charge in [-0.25, -0.2) is 5.43 Å². The number of phenolic OH excluding ortho intramolecular Hbond substituents is 1. The number of hydrazone groups is 1. The highest BCUT2D eigenvalue weighted by atomic mass is 16.7. The molecule has 2 amide bonds. The number of nitrogens with zero attached hydrogens (tertiary/aromatic N) is 2. The standard InChI is InChI=1S/C25H20N4O8/c1-35-22-12-16(10-19(23(22)30)29(33)34)13-26-28-25(32)18(27-24(31)17-5-3-2-4-6-17)9-15-7-8-20-21(11-15)37-14-36-20/h2-13,30H,14H2,1H3,(H,27,31)(H,28,32). The minimum Gasteiger partial charge on any atom is -0.500 e. The Morgan fingerprint density at radius 2 is 1.84 bits per heavy atom. The number of hydrogen-bond donors (Lipinski definition) is 3. The molecule has 0 bridgehead atoms. The SMILES string of the molecule is COc1cc(C=NNC(=O)C(=Cc2ccc3c(c2)OCO3)NC(=O)c2ccccc2)cc([N+](=O)[O-])c1O. The van der Waals surface area contributed by atoms with E-state index in [2.05, 4.69) is 15.8 Å². The third-order valence-electron chi connectivity index (χ3n) is 5.11. The van der Waals surface area contributed by atoms with Gasteiger partial charge in [0.05, 0.1) is 18.2 Å². The minimum atomic E-state index is -0.779. The van der Waals surface area contributed by atoms with E-state index >= 15 is 0 Å². The lowest BCUT2D eigenvalue weighted by Gasteiger charge is -2.09. The molecule has 3 aromatic rings. The van der Waals surface area contributed by atoms with Gasteiger partial charge in [-0.1, -0.05) is 24.3 Å². The Kier molecular flexibility index (Phi) is 7.29. The maximum absolute atomic E-state index is 13.0. The molecule has 0 fully saturated rings. The number of nitrogens with one attached hydrogen (secondary N) is 2. The Hall–Kier alpha value is -5.39. The van der Waals surface area contributed by atoms with Gasteiger partial charge < -0.3 is 24.6 Å². The van der Waals surface area contributed by atoms with Crippen molar-refractivity contribution in [2.45, 2.75) is 0 Å². The molecule has 188 valence electrons. The van der Waals surface area contributed by atoms with Gasteiger partial charge in [0.1, 0.15) is 5.70 Å². The Morgan fingerprint density at radius 3 is 2.57 bits per heavy atom. The second-order valence-electron chi connectivity index (χ2n) is 7.54. The molecular weight excluding hydrogens is 484 g/mol. The van der Waals surface area contributed by atoms with Crippen LogP contribution in [0.2, 0.25) is 0 Å². The zero-order valence-electron chi connectivity index (χ0n) is 19.3. The molecule has 4 rings (SSSR count). The molecule has 0 saturated carbocycles. The molecule has 37 heavy (non-hydrogen) atoms. The van der Waals surface area contributed by atoms with Crippen molar-refractivity contribution in [3.8, 4) is 23.0 Å². The largest absolute Gasteiger partial charge is 0.500 e. The number of ether oxygens (including phenoxy) is 3. The van der Waals surface area contributed by atoms with Crippen molar-refractivity contribution in [3.63, 3.8) is 0 Å². The molecule has 3 N–H and O–H groups in total. The molecular formula is C25H20N4O8. The van der Waals surface area contributed by atoms with E-state index < -0.39 is 28.2 Å². The Morgan fingerprint density at radius 1 is 1.08 bits per heavy atom. The Balaban J connectivity index is 1.58. The summed E-state index contributed by atoms with van der Waals surface area (Å²) in [6.07, 6.45) is 2.56. The molecule has 1 aliphatic heterocycles. The molecule has 12 heteroatoms. The van der Waals surface area contributed by atoms with Crippen LogP contribution in [0.25, 0.3) is 6.08 Å². The van der Waals surface area contributed by atoms with E-state index in [0.29, 0.717) is 22.6 Å². The number of phenols is 1. The molecule has 3 aromatic carbocycles. The molecule has 0 unspecified atom stereocenters. The van der Waals surface area contributed by atoms with E-state index in [1.54, 1.807) is 48.5 Å². The lowest BCUT2D eigenvalue weighted by Crippen LogP contribution is -2.32. The summed E-state index contributed by atoms with van der Waals surface area (Å²) in [5.41, 5.74) is 2.62. The summed E-state index contributed by atoms with van der Waals surface area (Å²) in [6.45, 7) is 0.0789. The number of carbonyl (C=O) groups excluding carboxylic acids is 2. The highest BCUT2D eigenvalue weighted by Gasteiger charge is 2.20. The van der Waals surface area contributed by atoms with Gasteiger partial charge in [-0.05, 0) is 42.0 Å². The number of methoxy groups -OCH3 is 1. The van der Waals surface area contributed by atoms with Gasteiger partial charge in [0.2, 0.25) is 12.5 Å². The number of amides is 2. The number of nitro groups is 1. The average Bonchev–Trinajstić information content (AvgIpc) is 3.37. The van der Waals surface area contributed by atoms with Crippen LogP contribution in [0.15, 0.2) is 71.5 Å². The van der Waals surface area contributed by atoms with Crippen LogP contribution in [0.1, 0.15) is 21.5 Å². The second kappa shape index (κ2) is 10.9. The molecule has 1 aliphatic rings. The number of fused-ring (bicyclic) bond motifs is 1. The second-order valence-corrected chi connectivity index (χ2v) is 7.54. The van der Waals surface area contributed by atoms with Crippen LogP contribution < -0.4 is 25.0 Å². The summed E-state index contributed by atoms with van der Waals surface area (Å²) in [5, 5.41) is 27.5. The van der Waals surface area contributed by atoms with Gasteiger partial charge in [-0.15, -0.1) is 0 Å². The molecule has 0 spiro atoms. The minimum absolute atomic E-state index is 0.0789. The first-order valence-electron chi connectivity index (χ1n) is 10.7. The van der Waals surface area contributed by atoms with E-state index in [4.69, 9.17) is 14.2 Å². The van der Waals surface area contributed by atoms with E-state index in [0.717, 1.165) is 12.3 Å². The van der Waals surface area contributed by atoms with Gasteiger partial charge >= 0.3 is 5.69 Å². The highest BCUT2D eigenvalue weighted by molar-refractivity contribution is 6.05. The van der Waals surface area contributed by atoms with E-state index in [-0.39, 0.29) is 23.8 Å². The lowest BCUT2D eigenvalue weighted by molar-refractivity contribution is -0.386. The number of carbonyl (C=O) groups is 2. The van der Waals surface area contributed by atoms with Crippen molar-refractivity contribution in [2.75, 3.05) is 13.9 Å². The van der Waals surface area contributed by atoms with Crippen molar-refractivity contribution in [2.24, 2.45) is 5.10 Å². The van der Waals surface area contributed by atoms with Gasteiger partial charge in [0.15, 0.2) is 17.2 Å². The zero-order valence-corrected chi connectivity index (χ0v) is 19.3. The van der Waals surface area contributed by atoms with Crippen LogP contribution in [-0.2, 0) is 4.79 Å². The van der Waals surface area contributed by atoms with Gasteiger partial charge in [0.25, 0.3) is 11.8 Å². The first-order valence-corrected chi connectivity index (χ1v) is 10.7. The maximum atomic E-state index is 13.0. The van der Waals surface area contributed by atoms with Crippen molar-refractivity contribution >= 4 is 29.8 Å². The van der Waals surface area contributed by atoms with Gasteiger partial charge in [0, 0.05) is 17.2 Å². The fraction of sp³-hybridized carbons (Fsp3) is 0.0800. The van der Waals surface area contributed by atoms with Crippen molar-refractivity contribution in [3.05, 3.63) is 93.2 Å². The number of aromatic hydroxyl groups is 1. The first kappa shape index (κ1) is 24.7. The van der Waals surface area contributed by atoms with Gasteiger partial charge in [-0.3, -0.25) is 19.7 Å². The number of benzene rings is 3. The van der Waals surface area contributed by atoms with Crippen LogP contribution in [0.3, 0.4) is 0 Å². The van der Waals surface area contributed by atoms with Crippen molar-refractivity contribution < 1.29 is 33.8 Å². The lowest BCUT2D eigenvalue weighted by atomic mass is 10.1. The summed E-state index contributed by atoms with van der Waals surface area (Å²) in [6, 6.07) is 15.7. The predicted octanol–water partition coefficient (Wildman–Crippen LogP) is 2.96. The zero-order chi connectivity index (χ0) is 26.4. The molecule has 0 atom stereocenters. The van der Waals surface area contributed by atoms with Crippen LogP contribution in [-0.4, -0.2) is 42.0 Å². The van der Waals surface area contributed by atoms with Crippen molar-refractivity contribution in [1.82, 2.24) is 10.7 Å². The Bertz CT molecular complexity index is 1420. The monoisotopic (exact) mass is 504 g/mol. The fourth-order valence-corrected chi connectivity index (χ4v) is 3.32. The Labute approximate surface area is 209 Å². The first-order chi connectivity index (χ1) is 17.9. The number of hydrogen-bond acceptors (Lipinski definition) is 9. The predicted molar refractivity (Wildman–Crippen MR) is 132 cm³/mol. The number of nitro benzene ring substituents is 1. The van der Waals surface area contributed by atoms with Crippen LogP contribution >= 0.6 is 0 Å². The van der Waals surface area contributed by atoms with E-state index in [1.165, 1.54) is 19.3 Å². The average molecular weight is 504 g/mol. The summed E-state index contributed by atoms with van der Waals surface area (Å²) in [7, 11) is 1.24. The van der Waals surface area contributed by atoms with E-state index in [1.807, 2.05) is 0 Å². The molecule has 0 aromatic heterocycles. The summed E-state index contributed by atoms with van der Waals surface area (Å²) >= 11 is 0. The van der Waals surface area contributed by atoms with Crippen LogP contribution in [0.4, 0.5) is 5.69 Å². The van der Waals surface area contributed by atoms with Crippen LogP contribution in [0, 0.1) is 10.1 Å². The van der Waals surface area contributed by atoms with E-state index in [9.17, 15) is 24.8 Å². The quantitative estimate of drug-likeness (QED) is 0.183. The smallest absolute Gasteiger partial charge is 0.315 e. The third kappa shape index (κ3) is 5.82. The topological polar surface area (TPSA) is 162 Å². The summed E-state index contributed by atoms with van der Waals surface area (Å²) < 4.78 is 15.6.